The summed E-state index contributed by atoms with van der Waals surface area (Å²) in [6.07, 6.45) is 0.406. The third kappa shape index (κ3) is 4.11. The van der Waals surface area contributed by atoms with Crippen LogP contribution in [-0.2, 0) is 10.0 Å². The Hall–Kier alpha value is -3.03. The van der Waals surface area contributed by atoms with Gasteiger partial charge in [-0.1, -0.05) is 41.9 Å². The zero-order valence-electron chi connectivity index (χ0n) is 17.0. The molecule has 0 unspecified atom stereocenters. The highest BCUT2D eigenvalue weighted by atomic mass is 35.5. The number of rotatable bonds is 6. The minimum atomic E-state index is -3.86. The summed E-state index contributed by atoms with van der Waals surface area (Å²) in [6, 6.07) is 20.4. The Labute approximate surface area is 186 Å². The Bertz CT molecular complexity index is 1210. The van der Waals surface area contributed by atoms with Crippen molar-refractivity contribution in [3.05, 3.63) is 88.9 Å². The number of ether oxygens (including phenoxy) is 2. The molecule has 0 saturated heterocycles. The van der Waals surface area contributed by atoms with Crippen LogP contribution in [0.5, 0.6) is 11.5 Å². The Balaban J connectivity index is 1.80. The molecule has 1 atom stereocenters. The van der Waals surface area contributed by atoms with E-state index in [0.29, 0.717) is 28.7 Å². The van der Waals surface area contributed by atoms with Crippen molar-refractivity contribution in [3.63, 3.8) is 0 Å². The van der Waals surface area contributed by atoms with E-state index >= 15 is 0 Å². The van der Waals surface area contributed by atoms with Gasteiger partial charge in [0, 0.05) is 17.0 Å². The van der Waals surface area contributed by atoms with Gasteiger partial charge in [-0.05, 0) is 48.0 Å². The molecule has 0 bridgehead atoms. The number of sulfonamides is 1. The highest BCUT2D eigenvalue weighted by Crippen LogP contribution is 2.38. The molecule has 3 aromatic carbocycles. The Morgan fingerprint density at radius 3 is 2.26 bits per heavy atom. The van der Waals surface area contributed by atoms with Crippen LogP contribution in [0, 0.1) is 0 Å². The summed E-state index contributed by atoms with van der Waals surface area (Å²) in [5, 5.41) is 5.13. The fourth-order valence-electron chi connectivity index (χ4n) is 3.53. The lowest BCUT2D eigenvalue weighted by Crippen LogP contribution is -2.27. The molecule has 6 nitrogen and oxygen atoms in total. The van der Waals surface area contributed by atoms with Crippen LogP contribution < -0.4 is 9.47 Å². The zero-order chi connectivity index (χ0) is 22.0. The summed E-state index contributed by atoms with van der Waals surface area (Å²) in [5.74, 6) is 1.14. The molecule has 0 amide bonds. The maximum atomic E-state index is 13.4. The molecule has 0 aromatic heterocycles. The van der Waals surface area contributed by atoms with Crippen LogP contribution >= 0.6 is 11.6 Å². The molecule has 31 heavy (non-hydrogen) atoms. The van der Waals surface area contributed by atoms with Crippen molar-refractivity contribution < 1.29 is 17.9 Å². The molecule has 1 aliphatic heterocycles. The van der Waals surface area contributed by atoms with Crippen molar-refractivity contribution >= 4 is 27.3 Å². The molecule has 8 heteroatoms. The van der Waals surface area contributed by atoms with Crippen LogP contribution in [0.25, 0.3) is 0 Å². The van der Waals surface area contributed by atoms with Gasteiger partial charge in [-0.15, -0.1) is 0 Å². The van der Waals surface area contributed by atoms with E-state index in [0.717, 1.165) is 11.1 Å². The van der Waals surface area contributed by atoms with Gasteiger partial charge in [0.25, 0.3) is 10.0 Å². The molecule has 160 valence electrons. The number of nitrogens with zero attached hydrogens (tertiary/aromatic N) is 2. The maximum absolute atomic E-state index is 13.4. The third-order valence-electron chi connectivity index (χ3n) is 5.13. The Kier molecular flexibility index (Phi) is 5.89. The Morgan fingerprint density at radius 1 is 0.935 bits per heavy atom. The Morgan fingerprint density at radius 2 is 1.61 bits per heavy atom. The topological polar surface area (TPSA) is 68.2 Å². The zero-order valence-corrected chi connectivity index (χ0v) is 18.6. The van der Waals surface area contributed by atoms with Gasteiger partial charge in [0.1, 0.15) is 0 Å². The number of hydrogen-bond donors (Lipinski definition) is 0. The molecule has 3 aromatic rings. The lowest BCUT2D eigenvalue weighted by atomic mass is 9.99. The predicted octanol–water partition coefficient (Wildman–Crippen LogP) is 4.90. The molecule has 0 fully saturated rings. The summed E-state index contributed by atoms with van der Waals surface area (Å²) in [7, 11) is -0.738. The number of benzene rings is 3. The minimum Gasteiger partial charge on any atom is -0.493 e. The summed E-state index contributed by atoms with van der Waals surface area (Å²) in [4.78, 5) is 0.186. The van der Waals surface area contributed by atoms with E-state index in [-0.39, 0.29) is 4.90 Å². The summed E-state index contributed by atoms with van der Waals surface area (Å²) in [6.45, 7) is 0. The van der Waals surface area contributed by atoms with Crippen LogP contribution in [0.3, 0.4) is 0 Å². The van der Waals surface area contributed by atoms with Gasteiger partial charge in [-0.3, -0.25) is 0 Å². The van der Waals surface area contributed by atoms with Crippen molar-refractivity contribution in [1.82, 2.24) is 4.41 Å². The minimum absolute atomic E-state index is 0.186. The fraction of sp³-hybridized carbons (Fsp3) is 0.174. The second-order valence-corrected chi connectivity index (χ2v) is 9.21. The molecule has 4 rings (SSSR count). The van der Waals surface area contributed by atoms with Gasteiger partial charge in [-0.25, -0.2) is 0 Å². The maximum Gasteiger partial charge on any atom is 0.279 e. The molecule has 1 aliphatic rings. The van der Waals surface area contributed by atoms with E-state index < -0.39 is 16.1 Å². The SMILES string of the molecule is COc1ccc(C2=NN(S(=O)(=O)c3ccccc3)[C@H](c3ccc(Cl)cc3)C2)cc1OC. The number of hydrogen-bond acceptors (Lipinski definition) is 5. The highest BCUT2D eigenvalue weighted by molar-refractivity contribution is 7.89. The fourth-order valence-corrected chi connectivity index (χ4v) is 5.11. The molecule has 0 saturated carbocycles. The van der Waals surface area contributed by atoms with Gasteiger partial charge in [0.2, 0.25) is 0 Å². The van der Waals surface area contributed by atoms with Crippen molar-refractivity contribution in [1.29, 1.82) is 0 Å². The monoisotopic (exact) mass is 456 g/mol. The van der Waals surface area contributed by atoms with Gasteiger partial charge < -0.3 is 9.47 Å². The molecular formula is C23H21ClN2O4S. The smallest absolute Gasteiger partial charge is 0.279 e. The second kappa shape index (κ2) is 8.61. The number of halogens is 1. The first-order valence-electron chi connectivity index (χ1n) is 9.59. The molecular weight excluding hydrogens is 436 g/mol. The first-order chi connectivity index (χ1) is 14.9. The third-order valence-corrected chi connectivity index (χ3v) is 7.08. The highest BCUT2D eigenvalue weighted by Gasteiger charge is 2.37. The van der Waals surface area contributed by atoms with Crippen LogP contribution in [-0.4, -0.2) is 32.8 Å². The summed E-state index contributed by atoms with van der Waals surface area (Å²) < 4.78 is 38.8. The average Bonchev–Trinajstić information content (AvgIpc) is 3.26. The largest absolute Gasteiger partial charge is 0.493 e. The van der Waals surface area contributed by atoms with Crippen LogP contribution in [0.1, 0.15) is 23.6 Å². The average molecular weight is 457 g/mol. The lowest BCUT2D eigenvalue weighted by Gasteiger charge is -2.23. The molecule has 0 radical (unpaired) electrons. The van der Waals surface area contributed by atoms with E-state index in [4.69, 9.17) is 21.1 Å². The van der Waals surface area contributed by atoms with Gasteiger partial charge >= 0.3 is 0 Å². The van der Waals surface area contributed by atoms with Crippen LogP contribution in [0.15, 0.2) is 82.8 Å². The number of hydrazone groups is 1. The van der Waals surface area contributed by atoms with E-state index in [2.05, 4.69) is 5.10 Å². The first kappa shape index (κ1) is 21.2. The molecule has 1 heterocycles. The van der Waals surface area contributed by atoms with Crippen molar-refractivity contribution in [2.24, 2.45) is 5.10 Å². The molecule has 0 spiro atoms. The molecule has 0 N–H and O–H groups in total. The predicted molar refractivity (Wildman–Crippen MR) is 120 cm³/mol. The van der Waals surface area contributed by atoms with Crippen molar-refractivity contribution in [2.75, 3.05) is 14.2 Å². The standard InChI is InChI=1S/C23H21ClN2O4S/c1-29-22-13-10-17(14-23(22)30-2)20-15-21(16-8-11-18(24)12-9-16)26(25-20)31(27,28)19-6-4-3-5-7-19/h3-14,21H,15H2,1-2H3/t21-/m0/s1. The van der Waals surface area contributed by atoms with Gasteiger partial charge in [0.05, 0.1) is 30.9 Å². The van der Waals surface area contributed by atoms with Crippen LogP contribution in [0.2, 0.25) is 5.02 Å². The normalized spacial score (nSPS) is 16.2. The molecule has 0 aliphatic carbocycles. The van der Waals surface area contributed by atoms with Crippen LogP contribution in [0.4, 0.5) is 0 Å². The number of methoxy groups -OCH3 is 2. The van der Waals surface area contributed by atoms with E-state index in [9.17, 15) is 8.42 Å². The van der Waals surface area contributed by atoms with Crippen molar-refractivity contribution in [2.45, 2.75) is 17.4 Å². The van der Waals surface area contributed by atoms with E-state index in [1.165, 1.54) is 4.41 Å². The van der Waals surface area contributed by atoms with Gasteiger partial charge in [-0.2, -0.15) is 17.9 Å². The summed E-state index contributed by atoms with van der Waals surface area (Å²) >= 11 is 6.04. The second-order valence-electron chi connectivity index (χ2n) is 6.98. The quantitative estimate of drug-likeness (QED) is 0.529. The van der Waals surface area contributed by atoms with E-state index in [1.54, 1.807) is 68.8 Å². The lowest BCUT2D eigenvalue weighted by molar-refractivity contribution is 0.355. The van der Waals surface area contributed by atoms with Gasteiger partial charge in [0.15, 0.2) is 11.5 Å². The van der Waals surface area contributed by atoms with Crippen molar-refractivity contribution in [3.8, 4) is 11.5 Å². The first-order valence-corrected chi connectivity index (χ1v) is 11.4. The van der Waals surface area contributed by atoms with E-state index in [1.807, 2.05) is 18.2 Å². The summed E-state index contributed by atoms with van der Waals surface area (Å²) in [5.41, 5.74) is 2.21.